The molecule has 0 saturated carbocycles. The number of rotatable bonds is 5. The molecule has 1 unspecified atom stereocenters. The van der Waals surface area contributed by atoms with Crippen LogP contribution in [0, 0.1) is 5.92 Å². The number of hydrogen-bond acceptors (Lipinski definition) is 2. The maximum Gasteiger partial charge on any atom is 0.303 e. The summed E-state index contributed by atoms with van der Waals surface area (Å²) < 4.78 is 5.35. The highest BCUT2D eigenvalue weighted by Crippen LogP contribution is 2.26. The van der Waals surface area contributed by atoms with Gasteiger partial charge in [0.05, 0.1) is 0 Å². The van der Waals surface area contributed by atoms with Gasteiger partial charge in [0.2, 0.25) is 0 Å². The van der Waals surface area contributed by atoms with Gasteiger partial charge in [-0.1, -0.05) is 27.2 Å². The molecule has 0 aliphatic carbocycles. The molecule has 78 valence electrons. The van der Waals surface area contributed by atoms with E-state index in [0.717, 1.165) is 19.3 Å². The maximum atomic E-state index is 10.9. The third-order valence-electron chi connectivity index (χ3n) is 2.01. The molecule has 2 nitrogen and oxygen atoms in total. The van der Waals surface area contributed by atoms with Gasteiger partial charge < -0.3 is 4.74 Å². The molecule has 0 spiro atoms. The van der Waals surface area contributed by atoms with Crippen molar-refractivity contribution < 1.29 is 9.53 Å². The Morgan fingerprint density at radius 1 is 1.46 bits per heavy atom. The smallest absolute Gasteiger partial charge is 0.303 e. The Kier molecular flexibility index (Phi) is 5.04. The van der Waals surface area contributed by atoms with E-state index in [1.807, 2.05) is 6.92 Å². The second-order valence-electron chi connectivity index (χ2n) is 4.39. The normalized spacial score (nSPS) is 15.5. The number of carbonyl (C=O) groups excluding carboxylic acids is 1. The van der Waals surface area contributed by atoms with E-state index in [1.54, 1.807) is 0 Å². The zero-order valence-corrected chi connectivity index (χ0v) is 9.52. The van der Waals surface area contributed by atoms with Crippen molar-refractivity contribution in [3.05, 3.63) is 0 Å². The van der Waals surface area contributed by atoms with E-state index in [0.29, 0.717) is 5.92 Å². The SMILES string of the molecule is CCCC(C)(CC(C)C)OC(C)=O. The first-order valence-electron chi connectivity index (χ1n) is 5.09. The monoisotopic (exact) mass is 186 g/mol. The molecular formula is C11H22O2. The summed E-state index contributed by atoms with van der Waals surface area (Å²) in [6, 6.07) is 0. The van der Waals surface area contributed by atoms with Gasteiger partial charge in [0, 0.05) is 6.92 Å². The van der Waals surface area contributed by atoms with Crippen LogP contribution < -0.4 is 0 Å². The van der Waals surface area contributed by atoms with Crippen molar-refractivity contribution in [2.75, 3.05) is 0 Å². The molecule has 0 fully saturated rings. The molecule has 0 aliphatic rings. The third-order valence-corrected chi connectivity index (χ3v) is 2.01. The van der Waals surface area contributed by atoms with E-state index in [1.165, 1.54) is 6.92 Å². The maximum absolute atomic E-state index is 10.9. The standard InChI is InChI=1S/C11H22O2/c1-6-7-11(5,8-9(2)3)13-10(4)12/h9H,6-8H2,1-5H3. The zero-order chi connectivity index (χ0) is 10.5. The molecule has 0 radical (unpaired) electrons. The average Bonchev–Trinajstić information content (AvgIpc) is 1.81. The summed E-state index contributed by atoms with van der Waals surface area (Å²) in [5, 5.41) is 0. The molecule has 0 N–H and O–H groups in total. The van der Waals surface area contributed by atoms with Crippen molar-refractivity contribution in [1.82, 2.24) is 0 Å². The summed E-state index contributed by atoms with van der Waals surface area (Å²) in [6.07, 6.45) is 2.95. The van der Waals surface area contributed by atoms with Crippen molar-refractivity contribution in [3.8, 4) is 0 Å². The molecule has 2 heteroatoms. The van der Waals surface area contributed by atoms with E-state index in [-0.39, 0.29) is 11.6 Å². The van der Waals surface area contributed by atoms with Crippen molar-refractivity contribution in [1.29, 1.82) is 0 Å². The second kappa shape index (κ2) is 5.25. The van der Waals surface area contributed by atoms with E-state index in [9.17, 15) is 4.79 Å². The second-order valence-corrected chi connectivity index (χ2v) is 4.39. The lowest BCUT2D eigenvalue weighted by Crippen LogP contribution is -2.32. The van der Waals surface area contributed by atoms with Crippen molar-refractivity contribution in [2.24, 2.45) is 5.92 Å². The van der Waals surface area contributed by atoms with E-state index in [4.69, 9.17) is 4.74 Å². The van der Waals surface area contributed by atoms with Gasteiger partial charge in [-0.25, -0.2) is 0 Å². The van der Waals surface area contributed by atoms with Crippen LogP contribution in [0.5, 0.6) is 0 Å². The minimum atomic E-state index is -0.255. The van der Waals surface area contributed by atoms with Crippen LogP contribution >= 0.6 is 0 Å². The van der Waals surface area contributed by atoms with Crippen LogP contribution in [0.3, 0.4) is 0 Å². The molecule has 0 saturated heterocycles. The summed E-state index contributed by atoms with van der Waals surface area (Å²) in [7, 11) is 0. The van der Waals surface area contributed by atoms with Gasteiger partial charge in [0.15, 0.2) is 0 Å². The Balaban J connectivity index is 4.23. The topological polar surface area (TPSA) is 26.3 Å². The van der Waals surface area contributed by atoms with Gasteiger partial charge in [0.25, 0.3) is 0 Å². The van der Waals surface area contributed by atoms with Crippen LogP contribution in [0.4, 0.5) is 0 Å². The molecule has 13 heavy (non-hydrogen) atoms. The lowest BCUT2D eigenvalue weighted by Gasteiger charge is -2.30. The highest BCUT2D eigenvalue weighted by atomic mass is 16.6. The van der Waals surface area contributed by atoms with Gasteiger partial charge in [0.1, 0.15) is 5.60 Å². The van der Waals surface area contributed by atoms with E-state index < -0.39 is 0 Å². The highest BCUT2D eigenvalue weighted by Gasteiger charge is 2.27. The molecule has 0 rings (SSSR count). The number of ether oxygens (including phenoxy) is 1. The van der Waals surface area contributed by atoms with Crippen molar-refractivity contribution >= 4 is 5.97 Å². The van der Waals surface area contributed by atoms with Gasteiger partial charge in [-0.05, 0) is 25.7 Å². The molecule has 0 aromatic heterocycles. The summed E-state index contributed by atoms with van der Waals surface area (Å²) in [4.78, 5) is 10.9. The lowest BCUT2D eigenvalue weighted by atomic mass is 9.90. The van der Waals surface area contributed by atoms with E-state index >= 15 is 0 Å². The number of hydrogen-bond donors (Lipinski definition) is 0. The van der Waals surface area contributed by atoms with Gasteiger partial charge in [-0.15, -0.1) is 0 Å². The molecule has 0 bridgehead atoms. The minimum Gasteiger partial charge on any atom is -0.460 e. The summed E-state index contributed by atoms with van der Waals surface area (Å²) in [5.74, 6) is 0.396. The minimum absolute atomic E-state index is 0.170. The Bertz CT molecular complexity index is 163. The Morgan fingerprint density at radius 3 is 2.31 bits per heavy atom. The fraction of sp³-hybridized carbons (Fsp3) is 0.909. The molecule has 0 aromatic carbocycles. The van der Waals surface area contributed by atoms with Crippen molar-refractivity contribution in [2.45, 2.75) is 59.5 Å². The average molecular weight is 186 g/mol. The molecule has 1 atom stereocenters. The fourth-order valence-electron chi connectivity index (χ4n) is 1.93. The highest BCUT2D eigenvalue weighted by molar-refractivity contribution is 5.66. The molecule has 0 amide bonds. The Morgan fingerprint density at radius 2 is 2.00 bits per heavy atom. The van der Waals surface area contributed by atoms with Crippen LogP contribution in [0.2, 0.25) is 0 Å². The van der Waals surface area contributed by atoms with Crippen molar-refractivity contribution in [3.63, 3.8) is 0 Å². The van der Waals surface area contributed by atoms with Gasteiger partial charge >= 0.3 is 5.97 Å². The van der Waals surface area contributed by atoms with Gasteiger partial charge in [-0.2, -0.15) is 0 Å². The Labute approximate surface area is 81.7 Å². The van der Waals surface area contributed by atoms with Crippen LogP contribution in [0.25, 0.3) is 0 Å². The summed E-state index contributed by atoms with van der Waals surface area (Å²) in [5.41, 5.74) is -0.255. The number of esters is 1. The molecule has 0 aliphatic heterocycles. The predicted molar refractivity (Wildman–Crippen MR) is 54.5 cm³/mol. The van der Waals surface area contributed by atoms with Crippen LogP contribution in [-0.2, 0) is 9.53 Å². The first-order valence-corrected chi connectivity index (χ1v) is 5.09. The van der Waals surface area contributed by atoms with E-state index in [2.05, 4.69) is 20.8 Å². The molecule has 0 heterocycles. The van der Waals surface area contributed by atoms with Crippen LogP contribution in [0.1, 0.15) is 53.9 Å². The number of carbonyl (C=O) groups is 1. The fourth-order valence-corrected chi connectivity index (χ4v) is 1.93. The summed E-state index contributed by atoms with van der Waals surface area (Å²) in [6.45, 7) is 9.92. The zero-order valence-electron chi connectivity index (χ0n) is 9.52. The molecule has 0 aromatic rings. The Hall–Kier alpha value is -0.530. The quantitative estimate of drug-likeness (QED) is 0.616. The third kappa shape index (κ3) is 5.67. The summed E-state index contributed by atoms with van der Waals surface area (Å²) >= 11 is 0. The van der Waals surface area contributed by atoms with Crippen LogP contribution in [0.15, 0.2) is 0 Å². The van der Waals surface area contributed by atoms with Crippen LogP contribution in [-0.4, -0.2) is 11.6 Å². The van der Waals surface area contributed by atoms with Gasteiger partial charge in [-0.3, -0.25) is 4.79 Å². The first kappa shape index (κ1) is 12.5. The predicted octanol–water partition coefficient (Wildman–Crippen LogP) is 3.15. The largest absolute Gasteiger partial charge is 0.460 e. The first-order chi connectivity index (χ1) is 5.89. The molecular weight excluding hydrogens is 164 g/mol. The lowest BCUT2D eigenvalue weighted by molar-refractivity contribution is -0.157.